The highest BCUT2D eigenvalue weighted by molar-refractivity contribution is 4.71. The minimum Gasteiger partial charge on any atom is -0.379 e. The highest BCUT2D eigenvalue weighted by Gasteiger charge is 2.46. The minimum absolute atomic E-state index is 0.0840. The van der Waals surface area contributed by atoms with E-state index in [2.05, 4.69) is 0 Å². The van der Waals surface area contributed by atoms with E-state index in [1.165, 1.54) is 6.92 Å². The van der Waals surface area contributed by atoms with Gasteiger partial charge in [-0.1, -0.05) is 0 Å². The van der Waals surface area contributed by atoms with Gasteiger partial charge in [0.2, 0.25) is 6.10 Å². The van der Waals surface area contributed by atoms with Gasteiger partial charge in [-0.2, -0.15) is 13.2 Å². The Bertz CT molecular complexity index is 132. The first kappa shape index (κ1) is 11.7. The van der Waals surface area contributed by atoms with Crippen molar-refractivity contribution in [1.29, 1.82) is 0 Å². The van der Waals surface area contributed by atoms with Crippen LogP contribution in [0.25, 0.3) is 0 Å². The summed E-state index contributed by atoms with van der Waals surface area (Å²) in [7, 11) is 4.83. The third-order valence-electron chi connectivity index (χ3n) is 2.01. The molecule has 0 spiro atoms. The molecule has 0 unspecified atom stereocenters. The van der Waals surface area contributed by atoms with E-state index < -0.39 is 18.3 Å². The van der Waals surface area contributed by atoms with E-state index in [1.54, 1.807) is 21.1 Å². The Hall–Kier alpha value is -0.290. The van der Waals surface area contributed by atoms with Crippen LogP contribution in [0, 0.1) is 0 Å². The molecule has 12 heavy (non-hydrogen) atoms. The van der Waals surface area contributed by atoms with Crippen LogP contribution in [0.4, 0.5) is 13.2 Å². The topological polar surface area (TPSA) is 20.2 Å². The quantitative estimate of drug-likeness (QED) is 0.638. The molecule has 0 saturated carbocycles. The molecule has 1 N–H and O–H groups in total. The zero-order valence-electron chi connectivity index (χ0n) is 7.68. The highest BCUT2D eigenvalue weighted by Crippen LogP contribution is 2.25. The summed E-state index contributed by atoms with van der Waals surface area (Å²) >= 11 is 0. The molecule has 0 rings (SSSR count). The molecule has 0 aromatic carbocycles. The molecule has 0 saturated heterocycles. The Kier molecular flexibility index (Phi) is 3.14. The van der Waals surface area contributed by atoms with E-state index in [9.17, 15) is 13.2 Å². The van der Waals surface area contributed by atoms with Crippen molar-refractivity contribution in [3.8, 4) is 0 Å². The largest absolute Gasteiger partial charge is 0.420 e. The summed E-state index contributed by atoms with van der Waals surface area (Å²) in [6.45, 7) is 1.37. The number of halogens is 3. The first-order chi connectivity index (χ1) is 5.07. The van der Waals surface area contributed by atoms with Crippen molar-refractivity contribution in [2.45, 2.75) is 25.2 Å². The SMILES string of the molecule is C[C@@H]([C@@H](O)C(F)(F)F)[N+](C)(C)C. The molecule has 0 fully saturated rings. The predicted molar refractivity (Wildman–Crippen MR) is 39.6 cm³/mol. The van der Waals surface area contributed by atoms with Crippen molar-refractivity contribution in [2.75, 3.05) is 21.1 Å². The second kappa shape index (κ2) is 3.22. The second-order valence-corrected chi connectivity index (χ2v) is 3.84. The maximum Gasteiger partial charge on any atom is 0.420 e. The summed E-state index contributed by atoms with van der Waals surface area (Å²) in [5, 5.41) is 8.85. The van der Waals surface area contributed by atoms with E-state index in [1.807, 2.05) is 0 Å². The number of hydrogen-bond donors (Lipinski definition) is 1. The monoisotopic (exact) mass is 186 g/mol. The second-order valence-electron chi connectivity index (χ2n) is 3.84. The first-order valence-electron chi connectivity index (χ1n) is 3.62. The Morgan fingerprint density at radius 3 is 1.58 bits per heavy atom. The molecule has 74 valence electrons. The maximum atomic E-state index is 12.0. The molecule has 0 aromatic rings. The van der Waals surface area contributed by atoms with Crippen LogP contribution < -0.4 is 0 Å². The van der Waals surface area contributed by atoms with E-state index in [-0.39, 0.29) is 4.48 Å². The minimum atomic E-state index is -4.52. The van der Waals surface area contributed by atoms with Gasteiger partial charge in [0.05, 0.1) is 21.1 Å². The molecule has 0 aliphatic heterocycles. The Labute approximate surface area is 70.2 Å². The molecule has 0 bridgehead atoms. The molecule has 2 nitrogen and oxygen atoms in total. The average molecular weight is 186 g/mol. The smallest absolute Gasteiger partial charge is 0.379 e. The lowest BCUT2D eigenvalue weighted by Gasteiger charge is -2.35. The third kappa shape index (κ3) is 2.98. The molecule has 0 aromatic heterocycles. The fourth-order valence-electron chi connectivity index (χ4n) is 0.697. The van der Waals surface area contributed by atoms with Crippen LogP contribution in [0.1, 0.15) is 6.92 Å². The number of hydrogen-bond acceptors (Lipinski definition) is 1. The molecular weight excluding hydrogens is 171 g/mol. The van der Waals surface area contributed by atoms with Gasteiger partial charge in [-0.15, -0.1) is 0 Å². The van der Waals surface area contributed by atoms with Crippen molar-refractivity contribution >= 4 is 0 Å². The van der Waals surface area contributed by atoms with Gasteiger partial charge < -0.3 is 9.59 Å². The average Bonchev–Trinajstić information content (AvgIpc) is 1.80. The van der Waals surface area contributed by atoms with Crippen molar-refractivity contribution in [3.63, 3.8) is 0 Å². The number of quaternary nitrogens is 1. The van der Waals surface area contributed by atoms with Crippen LogP contribution in [-0.4, -0.2) is 49.1 Å². The van der Waals surface area contributed by atoms with Crippen LogP contribution in [0.5, 0.6) is 0 Å². The molecule has 0 heterocycles. The molecule has 0 aliphatic carbocycles. The molecule has 0 radical (unpaired) electrons. The van der Waals surface area contributed by atoms with Gasteiger partial charge in [0.25, 0.3) is 0 Å². The summed E-state index contributed by atoms with van der Waals surface area (Å²) in [6, 6.07) is -0.856. The fourth-order valence-corrected chi connectivity index (χ4v) is 0.697. The van der Waals surface area contributed by atoms with Gasteiger partial charge in [-0.05, 0) is 6.92 Å². The van der Waals surface area contributed by atoms with E-state index in [0.29, 0.717) is 0 Å². The number of likely N-dealkylation sites (N-methyl/N-ethyl adjacent to an activating group) is 1. The predicted octanol–water partition coefficient (Wildman–Crippen LogP) is 1.00. The van der Waals surface area contributed by atoms with Gasteiger partial charge in [0.15, 0.2) is 0 Å². The number of aliphatic hydroxyl groups excluding tert-OH is 1. The molecule has 0 aliphatic rings. The van der Waals surface area contributed by atoms with Gasteiger partial charge >= 0.3 is 6.18 Å². The maximum absolute atomic E-state index is 12.0. The fraction of sp³-hybridized carbons (Fsp3) is 1.00. The zero-order valence-corrected chi connectivity index (χ0v) is 7.68. The number of alkyl halides is 3. The molecule has 2 atom stereocenters. The third-order valence-corrected chi connectivity index (χ3v) is 2.01. The standard InChI is InChI=1S/C7H15F3NO/c1-5(11(2,3)4)6(12)7(8,9)10/h5-6,12H,1-4H3/q+1/t5-,6+/m0/s1. The summed E-state index contributed by atoms with van der Waals surface area (Å²) < 4.78 is 36.0. The van der Waals surface area contributed by atoms with Gasteiger partial charge in [-0.3, -0.25) is 0 Å². The van der Waals surface area contributed by atoms with E-state index in [0.717, 1.165) is 0 Å². The van der Waals surface area contributed by atoms with Crippen LogP contribution in [0.3, 0.4) is 0 Å². The van der Waals surface area contributed by atoms with E-state index in [4.69, 9.17) is 5.11 Å². The lowest BCUT2D eigenvalue weighted by atomic mass is 10.1. The number of rotatable bonds is 2. The lowest BCUT2D eigenvalue weighted by Crippen LogP contribution is -2.54. The molecule has 0 amide bonds. The van der Waals surface area contributed by atoms with E-state index >= 15 is 0 Å². The Balaban J connectivity index is 4.41. The Morgan fingerprint density at radius 1 is 1.17 bits per heavy atom. The summed E-state index contributed by atoms with van der Waals surface area (Å²) in [4.78, 5) is 0. The number of aliphatic hydroxyl groups is 1. The summed E-state index contributed by atoms with van der Waals surface area (Å²) in [5.41, 5.74) is 0. The first-order valence-corrected chi connectivity index (χ1v) is 3.62. The van der Waals surface area contributed by atoms with Crippen LogP contribution in [0.15, 0.2) is 0 Å². The van der Waals surface area contributed by atoms with Crippen molar-refractivity contribution in [1.82, 2.24) is 0 Å². The van der Waals surface area contributed by atoms with Gasteiger partial charge in [-0.25, -0.2) is 0 Å². The highest BCUT2D eigenvalue weighted by atomic mass is 19.4. The summed E-state index contributed by atoms with van der Waals surface area (Å²) in [5.74, 6) is 0. The van der Waals surface area contributed by atoms with Crippen LogP contribution >= 0.6 is 0 Å². The zero-order chi connectivity index (χ0) is 10.2. The Morgan fingerprint density at radius 2 is 1.50 bits per heavy atom. The normalized spacial score (nSPS) is 19.0. The van der Waals surface area contributed by atoms with Crippen molar-refractivity contribution < 1.29 is 22.8 Å². The van der Waals surface area contributed by atoms with Crippen molar-refractivity contribution in [2.24, 2.45) is 0 Å². The van der Waals surface area contributed by atoms with Gasteiger partial charge in [0.1, 0.15) is 6.04 Å². The van der Waals surface area contributed by atoms with Gasteiger partial charge in [0, 0.05) is 0 Å². The van der Waals surface area contributed by atoms with Crippen LogP contribution in [-0.2, 0) is 0 Å². The van der Waals surface area contributed by atoms with Crippen LogP contribution in [0.2, 0.25) is 0 Å². The lowest BCUT2D eigenvalue weighted by molar-refractivity contribution is -0.899. The molecule has 5 heteroatoms. The molecular formula is C7H15F3NO+. The number of nitrogens with zero attached hydrogens (tertiary/aromatic N) is 1. The van der Waals surface area contributed by atoms with Crippen molar-refractivity contribution in [3.05, 3.63) is 0 Å². The summed E-state index contributed by atoms with van der Waals surface area (Å²) in [6.07, 6.45) is -6.78.